The fourth-order valence-corrected chi connectivity index (χ4v) is 5.39. The first-order chi connectivity index (χ1) is 9.62. The molecule has 0 N–H and O–H groups in total. The molecule has 2 unspecified atom stereocenters. The van der Waals surface area contributed by atoms with Gasteiger partial charge >= 0.3 is 7.82 Å². The van der Waals surface area contributed by atoms with Crippen LogP contribution in [-0.2, 0) is 18.1 Å². The number of likely N-dealkylation sites (N-methyl/N-ethyl adjacent to an activating group) is 1. The summed E-state index contributed by atoms with van der Waals surface area (Å²) in [6.45, 7) is 8.64. The smallest absolute Gasteiger partial charge is 0.409 e. The zero-order valence-corrected chi connectivity index (χ0v) is 14.5. The molecule has 0 aromatic carbocycles. The zero-order chi connectivity index (χ0) is 15.5. The highest BCUT2D eigenvalue weighted by molar-refractivity contribution is 7.49. The molecular formula is C15H26NO4P. The van der Waals surface area contributed by atoms with Gasteiger partial charge in [-0.2, -0.15) is 0 Å². The maximum absolute atomic E-state index is 12.8. The lowest BCUT2D eigenvalue weighted by atomic mass is 9.89. The maximum Gasteiger partial charge on any atom is 0.530 e. The van der Waals surface area contributed by atoms with Gasteiger partial charge in [-0.1, -0.05) is 0 Å². The Kier molecular flexibility index (Phi) is 3.57. The number of hydrogen-bond donors (Lipinski definition) is 0. The summed E-state index contributed by atoms with van der Waals surface area (Å²) in [5.41, 5.74) is -1.27. The molecule has 6 heteroatoms. The molecule has 0 bridgehead atoms. The van der Waals surface area contributed by atoms with E-state index in [-0.39, 0.29) is 0 Å². The fourth-order valence-electron chi connectivity index (χ4n) is 3.28. The molecule has 0 radical (unpaired) electrons. The molecule has 0 saturated carbocycles. The lowest BCUT2D eigenvalue weighted by Gasteiger charge is -2.28. The molecule has 5 nitrogen and oxygen atoms in total. The summed E-state index contributed by atoms with van der Waals surface area (Å²) in [6.07, 6.45) is 5.22. The van der Waals surface area contributed by atoms with Crippen molar-refractivity contribution in [2.24, 2.45) is 5.92 Å². The van der Waals surface area contributed by atoms with Crippen LogP contribution in [0.1, 0.15) is 47.0 Å². The average Bonchev–Trinajstić information content (AvgIpc) is 2.75. The third-order valence-corrected chi connectivity index (χ3v) is 7.14. The second kappa shape index (κ2) is 4.82. The van der Waals surface area contributed by atoms with E-state index in [4.69, 9.17) is 13.6 Å². The zero-order valence-electron chi connectivity index (χ0n) is 13.6. The van der Waals surface area contributed by atoms with Crippen LogP contribution in [-0.4, -0.2) is 35.7 Å². The van der Waals surface area contributed by atoms with E-state index < -0.39 is 19.0 Å². The molecule has 2 fully saturated rings. The van der Waals surface area contributed by atoms with Crippen molar-refractivity contribution in [1.82, 2.24) is 4.90 Å². The van der Waals surface area contributed by atoms with Crippen molar-refractivity contribution in [2.45, 2.75) is 64.2 Å². The van der Waals surface area contributed by atoms with Gasteiger partial charge in [-0.15, -0.1) is 0 Å². The minimum Gasteiger partial charge on any atom is -0.409 e. The van der Waals surface area contributed by atoms with Crippen molar-refractivity contribution >= 4 is 7.82 Å². The van der Waals surface area contributed by atoms with Crippen molar-refractivity contribution in [3.63, 3.8) is 0 Å². The van der Waals surface area contributed by atoms with E-state index in [1.165, 1.54) is 6.42 Å². The molecule has 2 saturated heterocycles. The molecule has 21 heavy (non-hydrogen) atoms. The first-order valence-corrected chi connectivity index (χ1v) is 9.20. The molecular weight excluding hydrogens is 289 g/mol. The lowest BCUT2D eigenvalue weighted by molar-refractivity contribution is 0.00578. The molecule has 3 rings (SSSR count). The highest BCUT2D eigenvalue weighted by Gasteiger charge is 2.58. The Hall–Kier alpha value is -0.350. The van der Waals surface area contributed by atoms with Crippen LogP contribution < -0.4 is 0 Å². The van der Waals surface area contributed by atoms with E-state index in [1.807, 2.05) is 27.7 Å². The molecule has 3 aliphatic rings. The first-order valence-electron chi connectivity index (χ1n) is 7.74. The summed E-state index contributed by atoms with van der Waals surface area (Å²) in [7, 11) is -1.40. The monoisotopic (exact) mass is 315 g/mol. The lowest BCUT2D eigenvalue weighted by Crippen LogP contribution is -2.41. The molecule has 120 valence electrons. The SMILES string of the molecule is CN1CCC2CCC(OP3(=O)OC(C)(C)C(C)(C)O3)=CC21. The molecule has 0 aromatic rings. The van der Waals surface area contributed by atoms with Crippen LogP contribution in [0.25, 0.3) is 0 Å². The normalized spacial score (nSPS) is 37.1. The Balaban J connectivity index is 1.76. The van der Waals surface area contributed by atoms with Crippen molar-refractivity contribution < 1.29 is 18.1 Å². The standard InChI is InChI=1S/C15H26NO4P/c1-14(2)15(3,4)20-21(17,19-14)18-12-7-6-11-8-9-16(5)13(11)10-12/h10-11,13H,6-9H2,1-5H3. The Morgan fingerprint density at radius 3 is 2.48 bits per heavy atom. The van der Waals surface area contributed by atoms with E-state index in [2.05, 4.69) is 18.0 Å². The molecule has 2 heterocycles. The summed E-state index contributed by atoms with van der Waals surface area (Å²) >= 11 is 0. The van der Waals surface area contributed by atoms with Gasteiger partial charge in [0.1, 0.15) is 17.0 Å². The van der Waals surface area contributed by atoms with Gasteiger partial charge in [0.05, 0.1) is 0 Å². The predicted octanol–water partition coefficient (Wildman–Crippen LogP) is 3.71. The van der Waals surface area contributed by atoms with E-state index in [1.54, 1.807) is 0 Å². The Morgan fingerprint density at radius 2 is 1.86 bits per heavy atom. The molecule has 2 aliphatic heterocycles. The van der Waals surface area contributed by atoms with E-state index in [0.717, 1.165) is 25.1 Å². The van der Waals surface area contributed by atoms with Gasteiger partial charge in [0, 0.05) is 12.5 Å². The minimum absolute atomic E-state index is 0.393. The van der Waals surface area contributed by atoms with Gasteiger partial charge in [-0.25, -0.2) is 4.57 Å². The summed E-state index contributed by atoms with van der Waals surface area (Å²) in [5.74, 6) is 1.45. The van der Waals surface area contributed by atoms with Crippen molar-refractivity contribution in [3.8, 4) is 0 Å². The number of phosphoric acid groups is 1. The van der Waals surface area contributed by atoms with Crippen molar-refractivity contribution in [1.29, 1.82) is 0 Å². The van der Waals surface area contributed by atoms with Crippen molar-refractivity contribution in [2.75, 3.05) is 13.6 Å². The summed E-state index contributed by atoms with van der Waals surface area (Å²) < 4.78 is 29.8. The largest absolute Gasteiger partial charge is 0.530 e. The third kappa shape index (κ3) is 2.70. The Morgan fingerprint density at radius 1 is 1.24 bits per heavy atom. The summed E-state index contributed by atoms with van der Waals surface area (Å²) in [5, 5.41) is 0. The molecule has 0 aromatic heterocycles. The number of fused-ring (bicyclic) bond motifs is 1. The van der Waals surface area contributed by atoms with Gasteiger partial charge in [-0.05, 0) is 66.1 Å². The second-order valence-electron chi connectivity index (χ2n) is 7.43. The number of likely N-dealkylation sites (tertiary alicyclic amines) is 1. The van der Waals surface area contributed by atoms with E-state index in [9.17, 15) is 4.57 Å². The van der Waals surface area contributed by atoms with Gasteiger partial charge in [0.25, 0.3) is 0 Å². The average molecular weight is 315 g/mol. The number of allylic oxidation sites excluding steroid dienone is 1. The minimum atomic E-state index is -3.52. The quantitative estimate of drug-likeness (QED) is 0.727. The molecule has 1 aliphatic carbocycles. The fraction of sp³-hybridized carbons (Fsp3) is 0.867. The maximum atomic E-state index is 12.8. The highest BCUT2D eigenvalue weighted by atomic mass is 31.2. The molecule has 2 atom stereocenters. The molecule has 0 spiro atoms. The van der Waals surface area contributed by atoms with E-state index >= 15 is 0 Å². The predicted molar refractivity (Wildman–Crippen MR) is 80.9 cm³/mol. The van der Waals surface area contributed by atoms with E-state index in [0.29, 0.717) is 12.0 Å². The van der Waals surface area contributed by atoms with Crippen LogP contribution >= 0.6 is 7.82 Å². The van der Waals surface area contributed by atoms with Crippen molar-refractivity contribution in [3.05, 3.63) is 11.8 Å². The Bertz CT molecular complexity index is 494. The van der Waals surface area contributed by atoms with Crippen LogP contribution in [0.3, 0.4) is 0 Å². The number of hydrogen-bond acceptors (Lipinski definition) is 5. The van der Waals surface area contributed by atoms with Crippen LogP contribution in [0.5, 0.6) is 0 Å². The molecule has 0 amide bonds. The second-order valence-corrected chi connectivity index (χ2v) is 8.88. The number of rotatable bonds is 2. The topological polar surface area (TPSA) is 48.0 Å². The van der Waals surface area contributed by atoms with Crippen LogP contribution in [0, 0.1) is 5.92 Å². The Labute approximate surface area is 127 Å². The number of phosphoric ester groups is 1. The number of nitrogens with zero attached hydrogens (tertiary/aromatic N) is 1. The summed E-state index contributed by atoms with van der Waals surface area (Å²) in [4.78, 5) is 2.33. The first kappa shape index (κ1) is 15.5. The highest BCUT2D eigenvalue weighted by Crippen LogP contribution is 2.66. The van der Waals surface area contributed by atoms with Gasteiger partial charge in [0.2, 0.25) is 0 Å². The van der Waals surface area contributed by atoms with Gasteiger partial charge in [0.15, 0.2) is 0 Å². The van der Waals surface area contributed by atoms with Gasteiger partial charge in [-0.3, -0.25) is 13.9 Å². The summed E-state index contributed by atoms with van der Waals surface area (Å²) in [6, 6.07) is 0.393. The third-order valence-electron chi connectivity index (χ3n) is 5.32. The van der Waals surface area contributed by atoms with Crippen LogP contribution in [0.15, 0.2) is 11.8 Å². The van der Waals surface area contributed by atoms with Crippen LogP contribution in [0.4, 0.5) is 0 Å². The van der Waals surface area contributed by atoms with Crippen LogP contribution in [0.2, 0.25) is 0 Å². The van der Waals surface area contributed by atoms with Gasteiger partial charge < -0.3 is 4.52 Å².